The Morgan fingerprint density at radius 3 is 2.52 bits per heavy atom. The largest absolute Gasteiger partial charge is 0.506 e. The number of aromatic amines is 1. The molecule has 4 rings (SSSR count). The molecule has 0 aliphatic rings. The highest BCUT2D eigenvalue weighted by molar-refractivity contribution is 6.08. The summed E-state index contributed by atoms with van der Waals surface area (Å²) < 4.78 is 1.51. The molecule has 0 radical (unpaired) electrons. The second-order valence-corrected chi connectivity index (χ2v) is 6.15. The number of para-hydroxylation sites is 1. The van der Waals surface area contributed by atoms with Gasteiger partial charge in [0, 0.05) is 5.69 Å². The van der Waals surface area contributed by atoms with Crippen LogP contribution >= 0.6 is 0 Å². The lowest BCUT2D eigenvalue weighted by atomic mass is 10.2. The highest BCUT2D eigenvalue weighted by Gasteiger charge is 2.21. The van der Waals surface area contributed by atoms with E-state index in [1.54, 1.807) is 24.3 Å². The number of pyridine rings is 1. The van der Waals surface area contributed by atoms with Crippen molar-refractivity contribution in [2.24, 2.45) is 0 Å². The second-order valence-electron chi connectivity index (χ2n) is 6.15. The van der Waals surface area contributed by atoms with Gasteiger partial charge in [0.1, 0.15) is 17.0 Å². The molecule has 0 aliphatic heterocycles. The van der Waals surface area contributed by atoms with Gasteiger partial charge in [0.2, 0.25) is 0 Å². The Hall–Kier alpha value is -3.87. The van der Waals surface area contributed by atoms with Gasteiger partial charge in [0.15, 0.2) is 0 Å². The number of hydrogen-bond acceptors (Lipinski definition) is 4. The maximum atomic E-state index is 12.5. The van der Waals surface area contributed by atoms with Crippen molar-refractivity contribution < 1.29 is 9.90 Å². The van der Waals surface area contributed by atoms with Crippen LogP contribution in [-0.4, -0.2) is 25.8 Å². The van der Waals surface area contributed by atoms with Crippen molar-refractivity contribution in [3.63, 3.8) is 0 Å². The summed E-state index contributed by atoms with van der Waals surface area (Å²) in [4.78, 5) is 27.7. The summed E-state index contributed by atoms with van der Waals surface area (Å²) in [6.45, 7) is 1.97. The van der Waals surface area contributed by atoms with Crippen molar-refractivity contribution in [2.45, 2.75) is 6.92 Å². The molecule has 2 heterocycles. The van der Waals surface area contributed by atoms with E-state index in [4.69, 9.17) is 0 Å². The summed E-state index contributed by atoms with van der Waals surface area (Å²) in [5.74, 6) is -1.09. The van der Waals surface area contributed by atoms with Gasteiger partial charge in [-0.1, -0.05) is 35.9 Å². The molecule has 1 amide bonds. The molecule has 0 saturated heterocycles. The van der Waals surface area contributed by atoms with E-state index in [0.29, 0.717) is 11.3 Å². The van der Waals surface area contributed by atoms with Crippen molar-refractivity contribution in [3.05, 3.63) is 82.3 Å². The number of H-pyrrole nitrogens is 1. The van der Waals surface area contributed by atoms with Crippen LogP contribution in [0, 0.1) is 6.92 Å². The third-order valence-corrected chi connectivity index (χ3v) is 4.26. The van der Waals surface area contributed by atoms with E-state index in [1.807, 2.05) is 37.3 Å². The number of carbonyl (C=O) groups is 1. The standard InChI is InChI=1S/C20H16N4O3/c1-12-7-9-14(10-8-12)24-18-15(11-21-24)17(25)16(20(27)23-18)19(26)22-13-5-3-2-4-6-13/h2-11H,1H3,(H,22,26)(H2,23,25,27). The molecule has 134 valence electrons. The summed E-state index contributed by atoms with van der Waals surface area (Å²) in [6, 6.07) is 16.3. The van der Waals surface area contributed by atoms with Gasteiger partial charge < -0.3 is 15.4 Å². The molecule has 2 aromatic carbocycles. The van der Waals surface area contributed by atoms with E-state index in [-0.39, 0.29) is 10.9 Å². The van der Waals surface area contributed by atoms with Crippen LogP contribution in [0.15, 0.2) is 65.6 Å². The first-order valence-electron chi connectivity index (χ1n) is 8.31. The van der Waals surface area contributed by atoms with E-state index in [2.05, 4.69) is 15.4 Å². The minimum Gasteiger partial charge on any atom is -0.506 e. The van der Waals surface area contributed by atoms with Crippen LogP contribution in [0.5, 0.6) is 5.75 Å². The molecule has 3 N–H and O–H groups in total. The van der Waals surface area contributed by atoms with E-state index in [1.165, 1.54) is 10.9 Å². The summed E-state index contributed by atoms with van der Waals surface area (Å²) in [5.41, 5.74) is 1.62. The van der Waals surface area contributed by atoms with Gasteiger partial charge in [-0.3, -0.25) is 9.59 Å². The molecule has 0 saturated carbocycles. The van der Waals surface area contributed by atoms with Crippen LogP contribution < -0.4 is 10.9 Å². The van der Waals surface area contributed by atoms with Crippen LogP contribution in [0.25, 0.3) is 16.7 Å². The molecule has 0 fully saturated rings. The van der Waals surface area contributed by atoms with Gasteiger partial charge in [-0.05, 0) is 31.2 Å². The highest BCUT2D eigenvalue weighted by atomic mass is 16.3. The predicted octanol–water partition coefficient (Wildman–Crippen LogP) is 2.98. The first-order valence-corrected chi connectivity index (χ1v) is 8.31. The maximum absolute atomic E-state index is 12.5. The van der Waals surface area contributed by atoms with Gasteiger partial charge in [-0.15, -0.1) is 0 Å². The molecule has 0 atom stereocenters. The number of nitrogens with one attached hydrogen (secondary N) is 2. The number of rotatable bonds is 3. The number of anilines is 1. The van der Waals surface area contributed by atoms with Gasteiger partial charge in [-0.2, -0.15) is 5.10 Å². The molecule has 4 aromatic rings. The number of hydrogen-bond donors (Lipinski definition) is 3. The fourth-order valence-corrected chi connectivity index (χ4v) is 2.86. The average Bonchev–Trinajstić information content (AvgIpc) is 3.07. The SMILES string of the molecule is Cc1ccc(-n2ncc3c(O)c(C(=O)Nc4ccccc4)c(=O)[nH]c32)cc1. The first-order chi connectivity index (χ1) is 13.0. The maximum Gasteiger partial charge on any atom is 0.266 e. The zero-order valence-corrected chi connectivity index (χ0v) is 14.4. The normalized spacial score (nSPS) is 10.9. The molecule has 2 aromatic heterocycles. The Kier molecular flexibility index (Phi) is 3.97. The minimum absolute atomic E-state index is 0.286. The Bertz CT molecular complexity index is 1190. The van der Waals surface area contributed by atoms with E-state index >= 15 is 0 Å². The number of aryl methyl sites for hydroxylation is 1. The minimum atomic E-state index is -0.692. The Balaban J connectivity index is 1.79. The summed E-state index contributed by atoms with van der Waals surface area (Å²) in [7, 11) is 0. The second kappa shape index (κ2) is 6.45. The molecule has 0 aliphatic carbocycles. The van der Waals surface area contributed by atoms with Gasteiger partial charge >= 0.3 is 0 Å². The third kappa shape index (κ3) is 2.95. The number of aromatic nitrogens is 3. The lowest BCUT2D eigenvalue weighted by Crippen LogP contribution is -2.23. The van der Waals surface area contributed by atoms with Gasteiger partial charge in [0.25, 0.3) is 11.5 Å². The zero-order valence-electron chi connectivity index (χ0n) is 14.4. The predicted molar refractivity (Wildman–Crippen MR) is 102 cm³/mol. The highest BCUT2D eigenvalue weighted by Crippen LogP contribution is 2.27. The van der Waals surface area contributed by atoms with Crippen LogP contribution in [0.2, 0.25) is 0 Å². The van der Waals surface area contributed by atoms with Crippen molar-refractivity contribution in [1.82, 2.24) is 14.8 Å². The summed E-state index contributed by atoms with van der Waals surface area (Å²) in [5, 5.41) is 17.7. The Morgan fingerprint density at radius 1 is 1.11 bits per heavy atom. The lowest BCUT2D eigenvalue weighted by molar-refractivity contribution is 0.102. The number of benzene rings is 2. The fraction of sp³-hybridized carbons (Fsp3) is 0.0500. The molecule has 7 heteroatoms. The molecule has 27 heavy (non-hydrogen) atoms. The quantitative estimate of drug-likeness (QED) is 0.523. The zero-order chi connectivity index (χ0) is 19.0. The number of carbonyl (C=O) groups excluding carboxylic acids is 1. The van der Waals surface area contributed by atoms with Crippen LogP contribution in [0.4, 0.5) is 5.69 Å². The van der Waals surface area contributed by atoms with Crippen molar-refractivity contribution >= 4 is 22.6 Å². The van der Waals surface area contributed by atoms with Crippen molar-refractivity contribution in [3.8, 4) is 11.4 Å². The smallest absolute Gasteiger partial charge is 0.266 e. The molecular weight excluding hydrogens is 344 g/mol. The van der Waals surface area contributed by atoms with Crippen LogP contribution in [0.1, 0.15) is 15.9 Å². The van der Waals surface area contributed by atoms with Crippen molar-refractivity contribution in [2.75, 3.05) is 5.32 Å². The summed E-state index contributed by atoms with van der Waals surface area (Å²) in [6.07, 6.45) is 1.42. The van der Waals surface area contributed by atoms with Crippen LogP contribution in [0.3, 0.4) is 0 Å². The third-order valence-electron chi connectivity index (χ3n) is 4.26. The number of amides is 1. The van der Waals surface area contributed by atoms with E-state index in [0.717, 1.165) is 11.3 Å². The molecule has 0 spiro atoms. The monoisotopic (exact) mass is 360 g/mol. The number of aromatic hydroxyl groups is 1. The Labute approximate surface area is 153 Å². The molecular formula is C20H16N4O3. The van der Waals surface area contributed by atoms with Gasteiger partial charge in [-0.25, -0.2) is 4.68 Å². The molecule has 0 bridgehead atoms. The first kappa shape index (κ1) is 16.6. The van der Waals surface area contributed by atoms with Crippen LogP contribution in [-0.2, 0) is 0 Å². The molecule has 0 unspecified atom stereocenters. The molecule has 7 nitrogen and oxygen atoms in total. The average molecular weight is 360 g/mol. The number of fused-ring (bicyclic) bond motifs is 1. The van der Waals surface area contributed by atoms with Crippen molar-refractivity contribution in [1.29, 1.82) is 0 Å². The lowest BCUT2D eigenvalue weighted by Gasteiger charge is -2.08. The van der Waals surface area contributed by atoms with E-state index in [9.17, 15) is 14.7 Å². The van der Waals surface area contributed by atoms with Gasteiger partial charge in [0.05, 0.1) is 17.3 Å². The fourth-order valence-electron chi connectivity index (χ4n) is 2.86. The topological polar surface area (TPSA) is 100 Å². The van der Waals surface area contributed by atoms with E-state index < -0.39 is 17.2 Å². The Morgan fingerprint density at radius 2 is 1.81 bits per heavy atom. The number of nitrogens with zero attached hydrogens (tertiary/aromatic N) is 2. The summed E-state index contributed by atoms with van der Waals surface area (Å²) >= 11 is 0.